The molecule has 1 aliphatic rings. The van der Waals surface area contributed by atoms with Gasteiger partial charge in [-0.3, -0.25) is 0 Å². The van der Waals surface area contributed by atoms with E-state index in [1.807, 2.05) is 6.92 Å². The molecule has 0 aromatic heterocycles. The molecule has 118 valence electrons. The van der Waals surface area contributed by atoms with Crippen LogP contribution in [0.25, 0.3) is 0 Å². The van der Waals surface area contributed by atoms with E-state index in [1.165, 1.54) is 16.4 Å². The van der Waals surface area contributed by atoms with Crippen LogP contribution < -0.4 is 4.74 Å². The monoisotopic (exact) mass is 315 g/mol. The summed E-state index contributed by atoms with van der Waals surface area (Å²) < 4.78 is 31.8. The number of sulfonamides is 1. The summed E-state index contributed by atoms with van der Waals surface area (Å²) in [5.41, 5.74) is 0. The van der Waals surface area contributed by atoms with Crippen LogP contribution in [0.3, 0.4) is 0 Å². The van der Waals surface area contributed by atoms with Crippen LogP contribution in [0.15, 0.2) is 29.2 Å². The molecule has 2 rings (SSSR count). The largest absolute Gasteiger partial charge is 0.494 e. The molecule has 7 heteroatoms. The van der Waals surface area contributed by atoms with Crippen molar-refractivity contribution in [2.24, 2.45) is 5.92 Å². The second-order valence-corrected chi connectivity index (χ2v) is 6.89. The van der Waals surface area contributed by atoms with Crippen LogP contribution in [0, 0.1) is 5.92 Å². The Balaban J connectivity index is 2.25. The zero-order valence-electron chi connectivity index (χ0n) is 12.0. The number of hydrogen-bond donors (Lipinski definition) is 2. The summed E-state index contributed by atoms with van der Waals surface area (Å²) in [7, 11) is -3.67. The van der Waals surface area contributed by atoms with Crippen LogP contribution in [-0.4, -0.2) is 55.3 Å². The van der Waals surface area contributed by atoms with Gasteiger partial charge in [-0.25, -0.2) is 8.42 Å². The molecular weight excluding hydrogens is 294 g/mol. The van der Waals surface area contributed by atoms with Crippen molar-refractivity contribution < 1.29 is 23.4 Å². The summed E-state index contributed by atoms with van der Waals surface area (Å²) in [6.45, 7) is 2.27. The van der Waals surface area contributed by atoms with E-state index >= 15 is 0 Å². The van der Waals surface area contributed by atoms with Crippen LogP contribution in [0.4, 0.5) is 0 Å². The van der Waals surface area contributed by atoms with Crippen molar-refractivity contribution >= 4 is 10.0 Å². The van der Waals surface area contributed by atoms with Gasteiger partial charge in [-0.05, 0) is 37.6 Å². The van der Waals surface area contributed by atoms with Gasteiger partial charge in [-0.1, -0.05) is 0 Å². The van der Waals surface area contributed by atoms with Gasteiger partial charge >= 0.3 is 0 Å². The summed E-state index contributed by atoms with van der Waals surface area (Å²) in [6.07, 6.45) is 0.554. The van der Waals surface area contributed by atoms with Crippen molar-refractivity contribution in [3.63, 3.8) is 0 Å². The molecule has 2 N–H and O–H groups in total. The second kappa shape index (κ2) is 6.74. The molecule has 0 aliphatic carbocycles. The van der Waals surface area contributed by atoms with Crippen LogP contribution in [0.2, 0.25) is 0 Å². The predicted octanol–water partition coefficient (Wildman–Crippen LogP) is 0.449. The van der Waals surface area contributed by atoms with E-state index in [2.05, 4.69) is 0 Å². The van der Waals surface area contributed by atoms with Crippen LogP contribution in [0.1, 0.15) is 13.3 Å². The van der Waals surface area contributed by atoms with Gasteiger partial charge in [0.05, 0.1) is 24.2 Å². The third-order valence-electron chi connectivity index (χ3n) is 3.80. The molecule has 2 atom stereocenters. The van der Waals surface area contributed by atoms with E-state index in [-0.39, 0.29) is 24.0 Å². The lowest BCUT2D eigenvalue weighted by atomic mass is 10.0. The van der Waals surface area contributed by atoms with Crippen molar-refractivity contribution in [3.05, 3.63) is 24.3 Å². The van der Waals surface area contributed by atoms with E-state index in [0.29, 0.717) is 25.3 Å². The third kappa shape index (κ3) is 3.21. The first kappa shape index (κ1) is 16.2. The molecule has 0 amide bonds. The highest BCUT2D eigenvalue weighted by molar-refractivity contribution is 7.89. The van der Waals surface area contributed by atoms with E-state index < -0.39 is 16.1 Å². The summed E-state index contributed by atoms with van der Waals surface area (Å²) in [5, 5.41) is 18.7. The quantitative estimate of drug-likeness (QED) is 0.796. The van der Waals surface area contributed by atoms with Gasteiger partial charge < -0.3 is 14.9 Å². The molecule has 0 spiro atoms. The number of aliphatic hydroxyl groups excluding tert-OH is 2. The summed E-state index contributed by atoms with van der Waals surface area (Å²) in [5.74, 6) is 0.400. The SMILES string of the molecule is CCOc1ccc(S(=O)(=O)N2CC[C@H](CO)[C@@H]2CO)cc1. The van der Waals surface area contributed by atoms with E-state index in [1.54, 1.807) is 12.1 Å². The summed E-state index contributed by atoms with van der Waals surface area (Å²) >= 11 is 0. The topological polar surface area (TPSA) is 87.1 Å². The molecule has 1 aromatic carbocycles. The zero-order valence-corrected chi connectivity index (χ0v) is 12.8. The van der Waals surface area contributed by atoms with E-state index in [4.69, 9.17) is 4.74 Å². The lowest BCUT2D eigenvalue weighted by Crippen LogP contribution is -2.41. The Morgan fingerprint density at radius 1 is 1.24 bits per heavy atom. The second-order valence-electron chi connectivity index (χ2n) is 5.00. The molecule has 1 fully saturated rings. The maximum atomic E-state index is 12.6. The Morgan fingerprint density at radius 2 is 1.90 bits per heavy atom. The molecule has 1 saturated heterocycles. The number of nitrogens with zero attached hydrogens (tertiary/aromatic N) is 1. The van der Waals surface area contributed by atoms with Gasteiger partial charge in [-0.15, -0.1) is 0 Å². The predicted molar refractivity (Wildman–Crippen MR) is 77.6 cm³/mol. The first-order valence-corrected chi connectivity index (χ1v) is 8.45. The molecular formula is C14H21NO5S. The number of rotatable bonds is 6. The van der Waals surface area contributed by atoms with Gasteiger partial charge in [0.25, 0.3) is 0 Å². The summed E-state index contributed by atoms with van der Waals surface area (Å²) in [4.78, 5) is 0.169. The average Bonchev–Trinajstić information content (AvgIpc) is 2.91. The number of hydrogen-bond acceptors (Lipinski definition) is 5. The third-order valence-corrected chi connectivity index (χ3v) is 5.74. The molecule has 0 unspecified atom stereocenters. The number of benzene rings is 1. The molecule has 6 nitrogen and oxygen atoms in total. The fourth-order valence-electron chi connectivity index (χ4n) is 2.65. The Kier molecular flexibility index (Phi) is 5.21. The highest BCUT2D eigenvalue weighted by Gasteiger charge is 2.40. The molecule has 21 heavy (non-hydrogen) atoms. The van der Waals surface area contributed by atoms with E-state index in [9.17, 15) is 18.6 Å². The Labute approximate surface area is 125 Å². The molecule has 1 aliphatic heterocycles. The Hall–Kier alpha value is -1.15. The smallest absolute Gasteiger partial charge is 0.243 e. The van der Waals surface area contributed by atoms with E-state index in [0.717, 1.165) is 0 Å². The van der Waals surface area contributed by atoms with Gasteiger partial charge in [0.1, 0.15) is 5.75 Å². The fourth-order valence-corrected chi connectivity index (χ4v) is 4.34. The first-order valence-electron chi connectivity index (χ1n) is 7.01. The average molecular weight is 315 g/mol. The summed E-state index contributed by atoms with van der Waals surface area (Å²) in [6, 6.07) is 5.67. The lowest BCUT2D eigenvalue weighted by Gasteiger charge is -2.25. The number of aliphatic hydroxyl groups is 2. The first-order chi connectivity index (χ1) is 10.0. The van der Waals surface area contributed by atoms with Gasteiger partial charge in [-0.2, -0.15) is 4.31 Å². The minimum Gasteiger partial charge on any atom is -0.494 e. The molecule has 0 radical (unpaired) electrons. The highest BCUT2D eigenvalue weighted by atomic mass is 32.2. The maximum Gasteiger partial charge on any atom is 0.243 e. The standard InChI is InChI=1S/C14H21NO5S/c1-2-20-12-3-5-13(6-4-12)21(18,19)15-8-7-11(9-16)14(15)10-17/h3-6,11,14,16-17H,2,7-10H2,1H3/t11-,14+/m1/s1. The molecule has 1 heterocycles. The van der Waals surface area contributed by atoms with Crippen molar-refractivity contribution in [1.29, 1.82) is 0 Å². The highest BCUT2D eigenvalue weighted by Crippen LogP contribution is 2.30. The normalized spacial score (nSPS) is 23.4. The van der Waals surface area contributed by atoms with Gasteiger partial charge in [0, 0.05) is 19.1 Å². The lowest BCUT2D eigenvalue weighted by molar-refractivity contribution is 0.143. The molecule has 0 saturated carbocycles. The van der Waals surface area contributed by atoms with Crippen molar-refractivity contribution in [3.8, 4) is 5.75 Å². The Morgan fingerprint density at radius 3 is 2.43 bits per heavy atom. The van der Waals surface area contributed by atoms with Crippen molar-refractivity contribution in [2.75, 3.05) is 26.4 Å². The Bertz CT molecular complexity index is 557. The van der Waals surface area contributed by atoms with Crippen LogP contribution >= 0.6 is 0 Å². The minimum atomic E-state index is -3.67. The maximum absolute atomic E-state index is 12.6. The minimum absolute atomic E-state index is 0.124. The zero-order chi connectivity index (χ0) is 15.5. The fraction of sp³-hybridized carbons (Fsp3) is 0.571. The van der Waals surface area contributed by atoms with Crippen molar-refractivity contribution in [1.82, 2.24) is 4.31 Å². The van der Waals surface area contributed by atoms with Gasteiger partial charge in [0.15, 0.2) is 0 Å². The molecule has 0 bridgehead atoms. The number of ether oxygens (including phenoxy) is 1. The van der Waals surface area contributed by atoms with Crippen LogP contribution in [0.5, 0.6) is 5.75 Å². The van der Waals surface area contributed by atoms with Gasteiger partial charge in [0.2, 0.25) is 10.0 Å². The molecule has 1 aromatic rings. The van der Waals surface area contributed by atoms with Crippen molar-refractivity contribution in [2.45, 2.75) is 24.3 Å². The van der Waals surface area contributed by atoms with Crippen LogP contribution in [-0.2, 0) is 10.0 Å².